The van der Waals surface area contributed by atoms with Crippen LogP contribution >= 0.6 is 11.6 Å². The number of hydrogen-bond donors (Lipinski definition) is 1. The van der Waals surface area contributed by atoms with Crippen molar-refractivity contribution in [3.63, 3.8) is 0 Å². The molecule has 0 fully saturated rings. The first-order valence-corrected chi connectivity index (χ1v) is 7.04. The normalized spacial score (nSPS) is 10.0. The molecule has 0 unspecified atom stereocenters. The van der Waals surface area contributed by atoms with Crippen LogP contribution in [0.1, 0.15) is 11.1 Å². The number of amides is 1. The van der Waals surface area contributed by atoms with Gasteiger partial charge in [0.05, 0.1) is 22.4 Å². The Morgan fingerprint density at radius 2 is 2.17 bits per heavy atom. The number of hydrogen-bond acceptors (Lipinski definition) is 5. The Morgan fingerprint density at radius 1 is 1.46 bits per heavy atom. The molecule has 1 N–H and O–H groups in total. The first-order chi connectivity index (χ1) is 11.3. The summed E-state index contributed by atoms with van der Waals surface area (Å²) in [7, 11) is 0. The van der Waals surface area contributed by atoms with Crippen LogP contribution in [0.4, 0.5) is 11.4 Å². The third-order valence-electron chi connectivity index (χ3n) is 3.19. The zero-order chi connectivity index (χ0) is 17.9. The first-order valence-electron chi connectivity index (χ1n) is 6.67. The molecular weight excluding hydrogens is 336 g/mol. The van der Waals surface area contributed by atoms with E-state index in [0.717, 1.165) is 16.8 Å². The molecule has 0 saturated heterocycles. The number of nitrogens with zero attached hydrogens (tertiary/aromatic N) is 3. The Labute approximate surface area is 141 Å². The van der Waals surface area contributed by atoms with Gasteiger partial charge in [0.15, 0.2) is 0 Å². The zero-order valence-electron chi connectivity index (χ0n) is 12.4. The van der Waals surface area contributed by atoms with E-state index in [2.05, 4.69) is 5.32 Å². The smallest absolute Gasteiger partial charge is 0.288 e. The van der Waals surface area contributed by atoms with Gasteiger partial charge in [0.1, 0.15) is 12.6 Å². The van der Waals surface area contributed by atoms with Gasteiger partial charge in [-0.3, -0.25) is 24.3 Å². The van der Waals surface area contributed by atoms with Crippen LogP contribution in [0.15, 0.2) is 35.3 Å². The van der Waals surface area contributed by atoms with Gasteiger partial charge in [-0.2, -0.15) is 5.26 Å². The van der Waals surface area contributed by atoms with E-state index < -0.39 is 22.9 Å². The van der Waals surface area contributed by atoms with Crippen molar-refractivity contribution in [1.82, 2.24) is 4.57 Å². The summed E-state index contributed by atoms with van der Waals surface area (Å²) in [5.74, 6) is -0.617. The molecule has 1 aromatic carbocycles. The molecule has 0 aliphatic rings. The van der Waals surface area contributed by atoms with E-state index in [4.69, 9.17) is 16.9 Å². The highest BCUT2D eigenvalue weighted by molar-refractivity contribution is 6.31. The van der Waals surface area contributed by atoms with Gasteiger partial charge in [-0.15, -0.1) is 0 Å². The van der Waals surface area contributed by atoms with Gasteiger partial charge in [-0.25, -0.2) is 0 Å². The summed E-state index contributed by atoms with van der Waals surface area (Å²) in [4.78, 5) is 34.2. The lowest BCUT2D eigenvalue weighted by Gasteiger charge is -2.09. The minimum absolute atomic E-state index is 0.199. The summed E-state index contributed by atoms with van der Waals surface area (Å²) in [6.45, 7) is 1.01. The molecule has 0 atom stereocenters. The van der Waals surface area contributed by atoms with Gasteiger partial charge in [0, 0.05) is 16.7 Å². The third-order valence-corrected chi connectivity index (χ3v) is 3.43. The fourth-order valence-corrected chi connectivity index (χ4v) is 2.20. The third kappa shape index (κ3) is 3.77. The van der Waals surface area contributed by atoms with Crippen LogP contribution in [-0.4, -0.2) is 15.4 Å². The molecule has 0 aliphatic heterocycles. The maximum Gasteiger partial charge on any atom is 0.288 e. The minimum atomic E-state index is -0.631. The largest absolute Gasteiger partial charge is 0.323 e. The molecular formula is C15H11ClN4O4. The predicted molar refractivity (Wildman–Crippen MR) is 86.9 cm³/mol. The highest BCUT2D eigenvalue weighted by Gasteiger charge is 2.15. The predicted octanol–water partition coefficient (Wildman–Crippen LogP) is 2.23. The van der Waals surface area contributed by atoms with Gasteiger partial charge in [0.2, 0.25) is 5.91 Å². The number of benzene rings is 1. The van der Waals surface area contributed by atoms with Crippen LogP contribution in [0.3, 0.4) is 0 Å². The summed E-state index contributed by atoms with van der Waals surface area (Å²) in [5, 5.41) is 22.7. The van der Waals surface area contributed by atoms with Crippen LogP contribution in [0.2, 0.25) is 5.02 Å². The lowest BCUT2D eigenvalue weighted by atomic mass is 10.2. The molecule has 2 rings (SSSR count). The Bertz CT molecular complexity index is 930. The summed E-state index contributed by atoms with van der Waals surface area (Å²) in [6.07, 6.45) is 1.01. The lowest BCUT2D eigenvalue weighted by molar-refractivity contribution is -0.385. The quantitative estimate of drug-likeness (QED) is 0.672. The average Bonchev–Trinajstić information content (AvgIpc) is 2.49. The molecule has 0 spiro atoms. The zero-order valence-corrected chi connectivity index (χ0v) is 13.2. The van der Waals surface area contributed by atoms with E-state index in [0.29, 0.717) is 5.02 Å². The number of nitrogens with one attached hydrogen (secondary N) is 1. The second-order valence-corrected chi connectivity index (χ2v) is 5.35. The fourth-order valence-electron chi connectivity index (χ4n) is 2.03. The maximum absolute atomic E-state index is 12.1. The molecule has 1 heterocycles. The van der Waals surface area contributed by atoms with E-state index in [-0.39, 0.29) is 22.5 Å². The monoisotopic (exact) mass is 346 g/mol. The number of aryl methyl sites for hydroxylation is 1. The molecule has 24 heavy (non-hydrogen) atoms. The molecule has 122 valence electrons. The Hall–Kier alpha value is -3.18. The lowest BCUT2D eigenvalue weighted by Crippen LogP contribution is -2.27. The van der Waals surface area contributed by atoms with Crippen LogP contribution in [0.25, 0.3) is 0 Å². The standard InChI is InChI=1S/C15H11ClN4O4/c1-9-4-15(22)19(7-13(9)20(23)24)8-14(21)18-12-5-11(16)3-2-10(12)6-17/h2-5,7H,8H2,1H3,(H,18,21). The van der Waals surface area contributed by atoms with Crippen molar-refractivity contribution < 1.29 is 9.72 Å². The van der Waals surface area contributed by atoms with Crippen molar-refractivity contribution in [2.75, 3.05) is 5.32 Å². The maximum atomic E-state index is 12.1. The SMILES string of the molecule is Cc1cc(=O)n(CC(=O)Nc2cc(Cl)ccc2C#N)cc1[N+](=O)[O-]. The number of carbonyl (C=O) groups excluding carboxylic acids is 1. The second kappa shape index (κ2) is 6.93. The van der Waals surface area contributed by atoms with Crippen molar-refractivity contribution in [3.8, 4) is 6.07 Å². The summed E-state index contributed by atoms with van der Waals surface area (Å²) in [5.41, 5.74) is -0.189. The van der Waals surface area contributed by atoms with Crippen molar-refractivity contribution in [2.24, 2.45) is 0 Å². The van der Waals surface area contributed by atoms with Crippen LogP contribution in [0, 0.1) is 28.4 Å². The van der Waals surface area contributed by atoms with E-state index in [9.17, 15) is 19.7 Å². The van der Waals surface area contributed by atoms with E-state index in [1.807, 2.05) is 6.07 Å². The topological polar surface area (TPSA) is 118 Å². The fraction of sp³-hybridized carbons (Fsp3) is 0.133. The van der Waals surface area contributed by atoms with Crippen molar-refractivity contribution in [1.29, 1.82) is 5.26 Å². The van der Waals surface area contributed by atoms with Gasteiger partial charge >= 0.3 is 0 Å². The number of anilines is 1. The molecule has 0 aliphatic carbocycles. The van der Waals surface area contributed by atoms with Crippen LogP contribution < -0.4 is 10.9 Å². The van der Waals surface area contributed by atoms with Gasteiger partial charge in [-0.1, -0.05) is 11.6 Å². The molecule has 0 saturated carbocycles. The number of rotatable bonds is 4. The van der Waals surface area contributed by atoms with Crippen molar-refractivity contribution in [2.45, 2.75) is 13.5 Å². The molecule has 0 bridgehead atoms. The first kappa shape index (κ1) is 17.2. The van der Waals surface area contributed by atoms with Crippen LogP contribution in [0.5, 0.6) is 0 Å². The van der Waals surface area contributed by atoms with E-state index in [1.54, 1.807) is 0 Å². The van der Waals surface area contributed by atoms with E-state index in [1.165, 1.54) is 25.1 Å². The summed E-state index contributed by atoms with van der Waals surface area (Å²) in [6, 6.07) is 7.34. The number of nitro groups is 1. The summed E-state index contributed by atoms with van der Waals surface area (Å²) >= 11 is 5.82. The molecule has 0 radical (unpaired) electrons. The minimum Gasteiger partial charge on any atom is -0.323 e. The molecule has 1 amide bonds. The molecule has 8 nitrogen and oxygen atoms in total. The van der Waals surface area contributed by atoms with Crippen LogP contribution in [-0.2, 0) is 11.3 Å². The van der Waals surface area contributed by atoms with E-state index >= 15 is 0 Å². The highest BCUT2D eigenvalue weighted by Crippen LogP contribution is 2.20. The highest BCUT2D eigenvalue weighted by atomic mass is 35.5. The molecule has 1 aromatic heterocycles. The number of pyridine rings is 1. The Morgan fingerprint density at radius 3 is 2.79 bits per heavy atom. The van der Waals surface area contributed by atoms with Crippen molar-refractivity contribution in [3.05, 3.63) is 67.1 Å². The number of halogens is 1. The molecule has 9 heteroatoms. The summed E-state index contributed by atoms with van der Waals surface area (Å²) < 4.78 is 0.928. The van der Waals surface area contributed by atoms with Crippen molar-refractivity contribution >= 4 is 28.9 Å². The number of carbonyl (C=O) groups is 1. The van der Waals surface area contributed by atoms with Gasteiger partial charge in [0.25, 0.3) is 11.2 Å². The molecule has 2 aromatic rings. The Balaban J connectivity index is 2.27. The number of nitriles is 1. The Kier molecular flexibility index (Phi) is 4.96. The number of aromatic nitrogens is 1. The second-order valence-electron chi connectivity index (χ2n) is 4.91. The van der Waals surface area contributed by atoms with Gasteiger partial charge < -0.3 is 5.32 Å². The van der Waals surface area contributed by atoms with Gasteiger partial charge in [-0.05, 0) is 25.1 Å². The average molecular weight is 347 g/mol.